The van der Waals surface area contributed by atoms with Gasteiger partial charge in [-0.1, -0.05) is 0 Å². The molecule has 21 heavy (non-hydrogen) atoms. The molecule has 0 bridgehead atoms. The lowest BCUT2D eigenvalue weighted by molar-refractivity contribution is -0.388. The van der Waals surface area contributed by atoms with Gasteiger partial charge in [-0.15, -0.1) is 0 Å². The standard InChI is InChI=1S/C13H15FN2O5/c1-15-4-3-9(7-15)21-11-6-8(13(17)20-2)5-10(14)12(11)16(18)19/h5-6,9H,3-4,7H2,1-2H3. The average Bonchev–Trinajstić information content (AvgIpc) is 2.82. The molecule has 0 saturated carbocycles. The molecule has 1 unspecified atom stereocenters. The van der Waals surface area contributed by atoms with Gasteiger partial charge in [-0.25, -0.2) is 4.79 Å². The van der Waals surface area contributed by atoms with Crippen LogP contribution >= 0.6 is 0 Å². The molecule has 1 atom stereocenters. The third-order valence-corrected chi connectivity index (χ3v) is 3.27. The first-order valence-corrected chi connectivity index (χ1v) is 6.33. The van der Waals surface area contributed by atoms with Gasteiger partial charge >= 0.3 is 11.7 Å². The third kappa shape index (κ3) is 3.27. The summed E-state index contributed by atoms with van der Waals surface area (Å²) in [5.74, 6) is -2.15. The van der Waals surface area contributed by atoms with E-state index in [1.807, 2.05) is 11.9 Å². The summed E-state index contributed by atoms with van der Waals surface area (Å²) in [6.45, 7) is 1.37. The number of rotatable bonds is 4. The number of likely N-dealkylation sites (N-methyl/N-ethyl adjacent to an activating group) is 1. The molecule has 7 nitrogen and oxygen atoms in total. The second-order valence-corrected chi connectivity index (χ2v) is 4.84. The minimum atomic E-state index is -1.12. The van der Waals surface area contributed by atoms with E-state index < -0.39 is 22.4 Å². The zero-order valence-electron chi connectivity index (χ0n) is 11.7. The van der Waals surface area contributed by atoms with Gasteiger partial charge in [0.2, 0.25) is 11.6 Å². The first-order valence-electron chi connectivity index (χ1n) is 6.33. The van der Waals surface area contributed by atoms with Gasteiger partial charge in [-0.2, -0.15) is 4.39 Å². The summed E-state index contributed by atoms with van der Waals surface area (Å²) in [6.07, 6.45) is 0.401. The number of nitro benzene ring substituents is 1. The molecule has 114 valence electrons. The molecule has 0 spiro atoms. The number of methoxy groups -OCH3 is 1. The molecule has 1 saturated heterocycles. The van der Waals surface area contributed by atoms with Crippen molar-refractivity contribution in [2.45, 2.75) is 12.5 Å². The Morgan fingerprint density at radius 1 is 1.52 bits per heavy atom. The molecule has 1 aromatic carbocycles. The van der Waals surface area contributed by atoms with Crippen molar-refractivity contribution >= 4 is 11.7 Å². The molecule has 1 heterocycles. The summed E-state index contributed by atoms with van der Waals surface area (Å²) in [6, 6.07) is 1.92. The fraction of sp³-hybridized carbons (Fsp3) is 0.462. The maximum absolute atomic E-state index is 13.9. The summed E-state index contributed by atoms with van der Waals surface area (Å²) < 4.78 is 23.9. The van der Waals surface area contributed by atoms with Gasteiger partial charge in [0.1, 0.15) is 6.10 Å². The number of likely N-dealkylation sites (tertiary alicyclic amines) is 1. The first kappa shape index (κ1) is 15.2. The van der Waals surface area contributed by atoms with Crippen molar-refractivity contribution in [1.82, 2.24) is 4.90 Å². The Labute approximate surface area is 120 Å². The van der Waals surface area contributed by atoms with E-state index in [2.05, 4.69) is 4.74 Å². The van der Waals surface area contributed by atoms with Crippen LogP contribution in [0.1, 0.15) is 16.8 Å². The normalized spacial score (nSPS) is 18.5. The highest BCUT2D eigenvalue weighted by molar-refractivity contribution is 5.90. The highest BCUT2D eigenvalue weighted by atomic mass is 19.1. The van der Waals surface area contributed by atoms with Crippen LogP contribution in [0.15, 0.2) is 12.1 Å². The Bertz CT molecular complexity index is 578. The second-order valence-electron chi connectivity index (χ2n) is 4.84. The highest BCUT2D eigenvalue weighted by Gasteiger charge is 2.29. The maximum Gasteiger partial charge on any atom is 0.346 e. The van der Waals surface area contributed by atoms with E-state index in [-0.39, 0.29) is 17.4 Å². The minimum absolute atomic E-state index is 0.123. The lowest BCUT2D eigenvalue weighted by Crippen LogP contribution is -2.22. The number of esters is 1. The summed E-state index contributed by atoms with van der Waals surface area (Å²) in [5, 5.41) is 11.0. The van der Waals surface area contributed by atoms with Crippen LogP contribution in [-0.2, 0) is 4.74 Å². The topological polar surface area (TPSA) is 81.9 Å². The monoisotopic (exact) mass is 298 g/mol. The van der Waals surface area contributed by atoms with Crippen molar-refractivity contribution in [3.63, 3.8) is 0 Å². The molecule has 1 aromatic rings. The van der Waals surface area contributed by atoms with Crippen LogP contribution in [0.5, 0.6) is 5.75 Å². The number of hydrogen-bond acceptors (Lipinski definition) is 6. The second kappa shape index (κ2) is 6.04. The number of nitrogens with zero attached hydrogens (tertiary/aromatic N) is 2. The largest absolute Gasteiger partial charge is 0.482 e. The van der Waals surface area contributed by atoms with Crippen molar-refractivity contribution in [3.05, 3.63) is 33.6 Å². The number of halogens is 1. The Morgan fingerprint density at radius 2 is 2.24 bits per heavy atom. The van der Waals surface area contributed by atoms with Crippen molar-refractivity contribution in [2.75, 3.05) is 27.2 Å². The minimum Gasteiger partial charge on any atom is -0.482 e. The SMILES string of the molecule is COC(=O)c1cc(F)c([N+](=O)[O-])c(OC2CCN(C)C2)c1. The fourth-order valence-corrected chi connectivity index (χ4v) is 2.25. The number of carbonyl (C=O) groups excluding carboxylic acids is 1. The van der Waals surface area contributed by atoms with Gasteiger partial charge in [-0.3, -0.25) is 10.1 Å². The van der Waals surface area contributed by atoms with Crippen molar-refractivity contribution < 1.29 is 23.6 Å². The number of hydrogen-bond donors (Lipinski definition) is 0. The van der Waals surface area contributed by atoms with Crippen LogP contribution in [-0.4, -0.2) is 49.1 Å². The Balaban J connectivity index is 2.37. The van der Waals surface area contributed by atoms with Crippen molar-refractivity contribution in [3.8, 4) is 5.75 Å². The van der Waals surface area contributed by atoms with E-state index in [1.165, 1.54) is 0 Å². The molecule has 0 amide bonds. The van der Waals surface area contributed by atoms with Crippen LogP contribution in [0.2, 0.25) is 0 Å². The summed E-state index contributed by atoms with van der Waals surface area (Å²) in [5.41, 5.74) is -0.890. The van der Waals surface area contributed by atoms with Gasteiger partial charge in [-0.05, 0) is 19.5 Å². The smallest absolute Gasteiger partial charge is 0.346 e. The maximum atomic E-state index is 13.9. The van der Waals surface area contributed by atoms with E-state index in [9.17, 15) is 19.3 Å². The molecule has 0 aliphatic carbocycles. The van der Waals surface area contributed by atoms with E-state index in [4.69, 9.17) is 4.74 Å². The zero-order chi connectivity index (χ0) is 15.6. The van der Waals surface area contributed by atoms with Crippen LogP contribution in [0.25, 0.3) is 0 Å². The number of ether oxygens (including phenoxy) is 2. The first-order chi connectivity index (χ1) is 9.92. The van der Waals surface area contributed by atoms with Crippen LogP contribution in [0.3, 0.4) is 0 Å². The van der Waals surface area contributed by atoms with Crippen LogP contribution < -0.4 is 4.74 Å². The van der Waals surface area contributed by atoms with Crippen molar-refractivity contribution in [1.29, 1.82) is 0 Å². The number of carbonyl (C=O) groups is 1. The van der Waals surface area contributed by atoms with Gasteiger partial charge < -0.3 is 14.4 Å². The van der Waals surface area contributed by atoms with Crippen LogP contribution in [0, 0.1) is 15.9 Å². The average molecular weight is 298 g/mol. The molecule has 1 fully saturated rings. The molecule has 0 N–H and O–H groups in total. The molecule has 8 heteroatoms. The van der Waals surface area contributed by atoms with E-state index in [0.717, 1.165) is 25.8 Å². The Kier molecular flexibility index (Phi) is 4.37. The molecule has 2 rings (SSSR count). The summed E-state index contributed by atoms with van der Waals surface area (Å²) in [7, 11) is 3.04. The van der Waals surface area contributed by atoms with E-state index in [1.54, 1.807) is 0 Å². The fourth-order valence-electron chi connectivity index (χ4n) is 2.25. The van der Waals surface area contributed by atoms with Gasteiger partial charge in [0.15, 0.2) is 0 Å². The van der Waals surface area contributed by atoms with Gasteiger partial charge in [0.05, 0.1) is 17.6 Å². The lowest BCUT2D eigenvalue weighted by atomic mass is 10.1. The van der Waals surface area contributed by atoms with Crippen molar-refractivity contribution in [2.24, 2.45) is 0 Å². The molecule has 0 aromatic heterocycles. The third-order valence-electron chi connectivity index (χ3n) is 3.27. The van der Waals surface area contributed by atoms with Gasteiger partial charge in [0, 0.05) is 19.2 Å². The Hall–Kier alpha value is -2.22. The van der Waals surface area contributed by atoms with E-state index in [0.29, 0.717) is 13.0 Å². The quantitative estimate of drug-likeness (QED) is 0.477. The van der Waals surface area contributed by atoms with Gasteiger partial charge in [0.25, 0.3) is 0 Å². The molecule has 1 aliphatic heterocycles. The predicted molar refractivity (Wildman–Crippen MR) is 70.9 cm³/mol. The van der Waals surface area contributed by atoms with Crippen LogP contribution in [0.4, 0.5) is 10.1 Å². The lowest BCUT2D eigenvalue weighted by Gasteiger charge is -2.14. The highest BCUT2D eigenvalue weighted by Crippen LogP contribution is 2.33. The number of nitro groups is 1. The summed E-state index contributed by atoms with van der Waals surface area (Å²) in [4.78, 5) is 23.6. The molecule has 0 radical (unpaired) electrons. The Morgan fingerprint density at radius 3 is 2.76 bits per heavy atom. The molecule has 1 aliphatic rings. The molecular formula is C13H15FN2O5. The van der Waals surface area contributed by atoms with E-state index >= 15 is 0 Å². The number of benzene rings is 1. The zero-order valence-corrected chi connectivity index (χ0v) is 11.7. The predicted octanol–water partition coefficient (Wildman–Crippen LogP) is 1.60. The molecular weight excluding hydrogens is 283 g/mol. The summed E-state index contributed by atoms with van der Waals surface area (Å²) >= 11 is 0.